The van der Waals surface area contributed by atoms with Crippen LogP contribution in [0.25, 0.3) is 0 Å². The van der Waals surface area contributed by atoms with Gasteiger partial charge >= 0.3 is 0 Å². The molecular weight excluding hydrogens is 204 g/mol. The van der Waals surface area contributed by atoms with E-state index in [1.54, 1.807) is 0 Å². The first-order chi connectivity index (χ1) is 7.81. The van der Waals surface area contributed by atoms with Crippen molar-refractivity contribution in [2.45, 2.75) is 51.7 Å². The number of nitrogens with one attached hydrogen (secondary N) is 1. The van der Waals surface area contributed by atoms with Crippen LogP contribution in [0.2, 0.25) is 0 Å². The lowest BCUT2D eigenvalue weighted by atomic mass is 9.90. The molecule has 0 aromatic carbocycles. The Bertz CT molecular complexity index is 172. The lowest BCUT2D eigenvalue weighted by Crippen LogP contribution is -2.46. The highest BCUT2D eigenvalue weighted by Crippen LogP contribution is 2.22. The van der Waals surface area contributed by atoms with Crippen LogP contribution in [0.1, 0.15) is 39.5 Å². The molecular formula is C12H26N2O2. The summed E-state index contributed by atoms with van der Waals surface area (Å²) < 4.78 is 11.1. The fraction of sp³-hybridized carbons (Fsp3) is 1.00. The minimum absolute atomic E-state index is 0.234. The third kappa shape index (κ3) is 4.37. The lowest BCUT2D eigenvalue weighted by Gasteiger charge is -2.30. The zero-order valence-corrected chi connectivity index (χ0v) is 10.6. The molecule has 1 heterocycles. The van der Waals surface area contributed by atoms with E-state index in [9.17, 15) is 0 Å². The minimum Gasteiger partial charge on any atom is -0.381 e. The van der Waals surface area contributed by atoms with Crippen LogP contribution in [0.3, 0.4) is 0 Å². The molecule has 0 amide bonds. The molecule has 2 unspecified atom stereocenters. The van der Waals surface area contributed by atoms with Crippen LogP contribution in [-0.4, -0.2) is 32.0 Å². The van der Waals surface area contributed by atoms with Crippen LogP contribution in [0.4, 0.5) is 0 Å². The Morgan fingerprint density at radius 1 is 1.38 bits per heavy atom. The summed E-state index contributed by atoms with van der Waals surface area (Å²) in [5.74, 6) is 6.36. The molecule has 2 atom stereocenters. The second-order valence-electron chi connectivity index (χ2n) is 4.47. The fourth-order valence-corrected chi connectivity index (χ4v) is 2.40. The van der Waals surface area contributed by atoms with Crippen molar-refractivity contribution >= 4 is 0 Å². The van der Waals surface area contributed by atoms with Crippen molar-refractivity contribution in [3.63, 3.8) is 0 Å². The molecule has 1 rings (SSSR count). The third-order valence-electron chi connectivity index (χ3n) is 3.37. The minimum atomic E-state index is 0.234. The Labute approximate surface area is 98.8 Å². The lowest BCUT2D eigenvalue weighted by molar-refractivity contribution is 0.0122. The SMILES string of the molecule is CCOC(CC)C(CC1CCOCC1)NN. The molecule has 0 saturated carbocycles. The van der Waals surface area contributed by atoms with E-state index in [0.29, 0.717) is 0 Å². The molecule has 1 aliphatic heterocycles. The summed E-state index contributed by atoms with van der Waals surface area (Å²) in [6, 6.07) is 0.271. The van der Waals surface area contributed by atoms with E-state index in [0.717, 1.165) is 51.4 Å². The van der Waals surface area contributed by atoms with Gasteiger partial charge in [-0.05, 0) is 38.5 Å². The van der Waals surface area contributed by atoms with Gasteiger partial charge in [0.15, 0.2) is 0 Å². The monoisotopic (exact) mass is 230 g/mol. The molecule has 16 heavy (non-hydrogen) atoms. The number of hydrogen-bond donors (Lipinski definition) is 2. The van der Waals surface area contributed by atoms with Gasteiger partial charge in [-0.15, -0.1) is 0 Å². The molecule has 0 spiro atoms. The molecule has 0 aromatic heterocycles. The molecule has 1 fully saturated rings. The van der Waals surface area contributed by atoms with Crippen molar-refractivity contribution in [3.8, 4) is 0 Å². The first kappa shape index (κ1) is 13.9. The van der Waals surface area contributed by atoms with Crippen LogP contribution in [0.15, 0.2) is 0 Å². The summed E-state index contributed by atoms with van der Waals surface area (Å²) in [5, 5.41) is 0. The summed E-state index contributed by atoms with van der Waals surface area (Å²) in [5.41, 5.74) is 2.92. The predicted octanol–water partition coefficient (Wildman–Crippen LogP) is 1.45. The van der Waals surface area contributed by atoms with Crippen molar-refractivity contribution in [1.29, 1.82) is 0 Å². The molecule has 0 bridgehead atoms. The Hall–Kier alpha value is -0.160. The highest BCUT2D eigenvalue weighted by molar-refractivity contribution is 4.78. The average Bonchev–Trinajstić information content (AvgIpc) is 2.35. The van der Waals surface area contributed by atoms with E-state index in [-0.39, 0.29) is 12.1 Å². The Balaban J connectivity index is 2.38. The quantitative estimate of drug-likeness (QED) is 0.513. The largest absolute Gasteiger partial charge is 0.381 e. The van der Waals surface area contributed by atoms with Gasteiger partial charge in [-0.2, -0.15) is 0 Å². The average molecular weight is 230 g/mol. The van der Waals surface area contributed by atoms with Crippen LogP contribution in [-0.2, 0) is 9.47 Å². The molecule has 0 aliphatic carbocycles. The Morgan fingerprint density at radius 3 is 2.56 bits per heavy atom. The van der Waals surface area contributed by atoms with Crippen LogP contribution >= 0.6 is 0 Å². The van der Waals surface area contributed by atoms with Gasteiger partial charge in [0.2, 0.25) is 0 Å². The van der Waals surface area contributed by atoms with Gasteiger partial charge in [0.05, 0.1) is 6.10 Å². The summed E-state index contributed by atoms with van der Waals surface area (Å²) in [6.07, 6.45) is 4.64. The molecule has 3 N–H and O–H groups in total. The number of hydrazine groups is 1. The summed E-state index contributed by atoms with van der Waals surface area (Å²) in [4.78, 5) is 0. The van der Waals surface area contributed by atoms with Gasteiger partial charge in [0, 0.05) is 25.9 Å². The molecule has 1 aliphatic rings. The standard InChI is InChI=1S/C12H26N2O2/c1-3-12(16-4-2)11(14-13)9-10-5-7-15-8-6-10/h10-12,14H,3-9,13H2,1-2H3. The molecule has 0 aromatic rings. The zero-order valence-electron chi connectivity index (χ0n) is 10.6. The van der Waals surface area contributed by atoms with E-state index in [2.05, 4.69) is 12.3 Å². The summed E-state index contributed by atoms with van der Waals surface area (Å²) in [6.45, 7) is 6.73. The van der Waals surface area contributed by atoms with E-state index in [1.165, 1.54) is 0 Å². The normalized spacial score (nSPS) is 21.9. The van der Waals surface area contributed by atoms with Crippen LogP contribution in [0.5, 0.6) is 0 Å². The first-order valence-corrected chi connectivity index (χ1v) is 6.47. The van der Waals surface area contributed by atoms with Crippen molar-refractivity contribution in [2.24, 2.45) is 11.8 Å². The molecule has 0 radical (unpaired) electrons. The number of ether oxygens (including phenoxy) is 2. The molecule has 1 saturated heterocycles. The van der Waals surface area contributed by atoms with Gasteiger partial charge < -0.3 is 9.47 Å². The topological polar surface area (TPSA) is 56.5 Å². The van der Waals surface area contributed by atoms with Gasteiger partial charge in [-0.25, -0.2) is 0 Å². The van der Waals surface area contributed by atoms with Gasteiger partial charge in [-0.3, -0.25) is 11.3 Å². The van der Waals surface area contributed by atoms with Crippen LogP contribution in [0, 0.1) is 5.92 Å². The summed E-state index contributed by atoms with van der Waals surface area (Å²) in [7, 11) is 0. The zero-order chi connectivity index (χ0) is 11.8. The second kappa shape index (κ2) is 8.01. The van der Waals surface area contributed by atoms with Crippen LogP contribution < -0.4 is 11.3 Å². The Kier molecular flexibility index (Phi) is 6.96. The molecule has 4 nitrogen and oxygen atoms in total. The van der Waals surface area contributed by atoms with Gasteiger partial charge in [0.1, 0.15) is 0 Å². The van der Waals surface area contributed by atoms with Gasteiger partial charge in [0.25, 0.3) is 0 Å². The second-order valence-corrected chi connectivity index (χ2v) is 4.47. The first-order valence-electron chi connectivity index (χ1n) is 6.47. The van der Waals surface area contributed by atoms with E-state index in [4.69, 9.17) is 15.3 Å². The summed E-state index contributed by atoms with van der Waals surface area (Å²) >= 11 is 0. The van der Waals surface area contributed by atoms with E-state index >= 15 is 0 Å². The van der Waals surface area contributed by atoms with Crippen molar-refractivity contribution in [2.75, 3.05) is 19.8 Å². The fourth-order valence-electron chi connectivity index (χ4n) is 2.40. The maximum Gasteiger partial charge on any atom is 0.0738 e. The number of hydrogen-bond acceptors (Lipinski definition) is 4. The number of nitrogens with two attached hydrogens (primary N) is 1. The van der Waals surface area contributed by atoms with Crippen molar-refractivity contribution < 1.29 is 9.47 Å². The van der Waals surface area contributed by atoms with E-state index < -0.39 is 0 Å². The maximum atomic E-state index is 5.71. The highest BCUT2D eigenvalue weighted by Gasteiger charge is 2.24. The van der Waals surface area contributed by atoms with E-state index in [1.807, 2.05) is 6.92 Å². The Morgan fingerprint density at radius 2 is 2.06 bits per heavy atom. The van der Waals surface area contributed by atoms with Crippen molar-refractivity contribution in [1.82, 2.24) is 5.43 Å². The highest BCUT2D eigenvalue weighted by atomic mass is 16.5. The number of rotatable bonds is 7. The predicted molar refractivity (Wildman–Crippen MR) is 65.0 cm³/mol. The maximum absolute atomic E-state index is 5.71. The third-order valence-corrected chi connectivity index (χ3v) is 3.37. The molecule has 96 valence electrons. The smallest absolute Gasteiger partial charge is 0.0738 e. The van der Waals surface area contributed by atoms with Crippen molar-refractivity contribution in [3.05, 3.63) is 0 Å². The molecule has 4 heteroatoms. The van der Waals surface area contributed by atoms with Gasteiger partial charge in [-0.1, -0.05) is 6.92 Å².